The Kier molecular flexibility index (Phi) is 0.837. The van der Waals surface area contributed by atoms with E-state index in [1.807, 2.05) is 12.3 Å². The van der Waals surface area contributed by atoms with Crippen LogP contribution >= 0.6 is 0 Å². The molecule has 2 nitrogen and oxygen atoms in total. The Morgan fingerprint density at radius 1 is 1.83 bits per heavy atom. The van der Waals surface area contributed by atoms with Crippen LogP contribution in [0.15, 0.2) is 12.3 Å². The molecule has 0 radical (unpaired) electrons. The van der Waals surface area contributed by atoms with Gasteiger partial charge in [0.2, 0.25) is 6.20 Å². The first-order valence-electron chi connectivity index (χ1n) is 1.76. The third kappa shape index (κ3) is 0.542. The first kappa shape index (κ1) is 3.74. The lowest BCUT2D eigenvalue weighted by Gasteiger charge is -1.76. The molecule has 1 heterocycles. The number of nitrogens with zero attached hydrogens (tertiary/aromatic N) is 1. The average molecular weight is 101 g/mol. The van der Waals surface area contributed by atoms with Crippen molar-refractivity contribution in [2.45, 2.75) is 0 Å². The van der Waals surface area contributed by atoms with Gasteiger partial charge in [-0.3, -0.25) is 0 Å². The molecule has 1 rings (SSSR count). The van der Waals surface area contributed by atoms with Gasteiger partial charge < -0.3 is 0 Å². The predicted molar refractivity (Wildman–Crippen MR) is 24.8 cm³/mol. The Morgan fingerprint density at radius 3 is 2.83 bits per heavy atom. The molecular formula is C3H5N2S+. The van der Waals surface area contributed by atoms with Gasteiger partial charge in [-0.1, -0.05) is 0 Å². The van der Waals surface area contributed by atoms with Gasteiger partial charge in [-0.05, 0) is 4.05 Å². The third-order valence-electron chi connectivity index (χ3n) is 0.606. The normalized spacial score (nSPS) is 18.3. The van der Waals surface area contributed by atoms with Crippen LogP contribution in [0, 0.1) is 0 Å². The molecule has 32 valence electrons. The molecule has 0 aromatic rings. The minimum atomic E-state index is 0.878. The molecule has 0 aromatic carbocycles. The highest BCUT2D eigenvalue weighted by Gasteiger charge is 1.99. The van der Waals surface area contributed by atoms with Crippen LogP contribution in [-0.4, -0.2) is 10.6 Å². The molecule has 0 saturated heterocycles. The third-order valence-corrected chi connectivity index (χ3v) is 0.857. The van der Waals surface area contributed by atoms with Crippen LogP contribution < -0.4 is 5.43 Å². The van der Waals surface area contributed by atoms with Crippen LogP contribution in [0.1, 0.15) is 0 Å². The quantitative estimate of drug-likeness (QED) is 0.424. The number of hydrazine groups is 1. The first-order valence-corrected chi connectivity index (χ1v) is 2.12. The molecule has 0 unspecified atom stereocenters. The second kappa shape index (κ2) is 1.34. The lowest BCUT2D eigenvalue weighted by atomic mass is 10.7. The Morgan fingerprint density at radius 2 is 2.67 bits per heavy atom. The average Bonchev–Trinajstić information content (AvgIpc) is 1.86. The van der Waals surface area contributed by atoms with Crippen molar-refractivity contribution >= 4 is 12.4 Å². The number of nitrogens with one attached hydrogen (secondary N) is 1. The standard InChI is InChI=1S/C3H5N2S/c6-5-3-1-2-4-5/h1,3H,2H2,(H,4,6)/q+1. The summed E-state index contributed by atoms with van der Waals surface area (Å²) in [4.78, 5) is 0. The summed E-state index contributed by atoms with van der Waals surface area (Å²) < 4.78 is 1.51. The maximum Gasteiger partial charge on any atom is 0.303 e. The monoisotopic (exact) mass is 101 g/mol. The molecule has 0 fully saturated rings. The molecular weight excluding hydrogens is 96.1 g/mol. The zero-order chi connectivity index (χ0) is 4.41. The highest BCUT2D eigenvalue weighted by molar-refractivity contribution is 7.44. The molecule has 6 heavy (non-hydrogen) atoms. The van der Waals surface area contributed by atoms with Crippen molar-refractivity contribution in [1.82, 2.24) is 5.43 Å². The SMILES string of the molecule is S=[N+]1C=CCN1. The molecule has 1 aliphatic heterocycles. The van der Waals surface area contributed by atoms with Crippen LogP contribution in [0.5, 0.6) is 0 Å². The van der Waals surface area contributed by atoms with Gasteiger partial charge in [0.1, 0.15) is 0 Å². The minimum absolute atomic E-state index is 0.878. The fourth-order valence-corrected chi connectivity index (χ4v) is 0.504. The molecule has 1 N–H and O–H groups in total. The van der Waals surface area contributed by atoms with Crippen molar-refractivity contribution in [2.75, 3.05) is 6.54 Å². The summed E-state index contributed by atoms with van der Waals surface area (Å²) >= 11 is 4.64. The molecule has 0 aromatic heterocycles. The van der Waals surface area contributed by atoms with Crippen molar-refractivity contribution in [2.24, 2.45) is 0 Å². The first-order chi connectivity index (χ1) is 2.89. The van der Waals surface area contributed by atoms with Gasteiger partial charge in [0, 0.05) is 6.08 Å². The van der Waals surface area contributed by atoms with E-state index in [2.05, 4.69) is 17.9 Å². The van der Waals surface area contributed by atoms with Crippen LogP contribution in [-0.2, 0) is 12.4 Å². The summed E-state index contributed by atoms with van der Waals surface area (Å²) in [6, 6.07) is 0. The van der Waals surface area contributed by atoms with Gasteiger partial charge >= 0.3 is 12.4 Å². The van der Waals surface area contributed by atoms with Crippen LogP contribution in [0.25, 0.3) is 0 Å². The molecule has 1 aliphatic rings. The zero-order valence-electron chi connectivity index (χ0n) is 3.22. The maximum atomic E-state index is 4.64. The maximum absolute atomic E-state index is 4.64. The van der Waals surface area contributed by atoms with E-state index in [9.17, 15) is 0 Å². The van der Waals surface area contributed by atoms with E-state index in [1.165, 1.54) is 4.05 Å². The van der Waals surface area contributed by atoms with E-state index in [0.717, 1.165) is 6.54 Å². The van der Waals surface area contributed by atoms with Crippen molar-refractivity contribution in [3.8, 4) is 0 Å². The van der Waals surface area contributed by atoms with Crippen LogP contribution in [0.2, 0.25) is 0 Å². The summed E-state index contributed by atoms with van der Waals surface area (Å²) in [6.45, 7) is 0.878. The van der Waals surface area contributed by atoms with E-state index < -0.39 is 0 Å². The van der Waals surface area contributed by atoms with Gasteiger partial charge in [-0.25, -0.2) is 0 Å². The Bertz CT molecular complexity index is 97.0. The van der Waals surface area contributed by atoms with E-state index in [-0.39, 0.29) is 0 Å². The van der Waals surface area contributed by atoms with E-state index in [4.69, 9.17) is 0 Å². The highest BCUT2D eigenvalue weighted by atomic mass is 32.1. The van der Waals surface area contributed by atoms with Crippen LogP contribution in [0.3, 0.4) is 0 Å². The van der Waals surface area contributed by atoms with E-state index >= 15 is 0 Å². The minimum Gasteiger partial charge on any atom is -0.175 e. The molecule has 3 heteroatoms. The smallest absolute Gasteiger partial charge is 0.175 e. The summed E-state index contributed by atoms with van der Waals surface area (Å²) in [5.74, 6) is 0. The lowest BCUT2D eigenvalue weighted by molar-refractivity contribution is -0.480. The van der Waals surface area contributed by atoms with Gasteiger partial charge in [-0.2, -0.15) is 5.43 Å². The van der Waals surface area contributed by atoms with Gasteiger partial charge in [0.15, 0.2) is 0 Å². The summed E-state index contributed by atoms with van der Waals surface area (Å²) in [5, 5.41) is 0. The van der Waals surface area contributed by atoms with Crippen molar-refractivity contribution < 1.29 is 4.05 Å². The largest absolute Gasteiger partial charge is 0.303 e. The fraction of sp³-hybridized carbons (Fsp3) is 0.333. The van der Waals surface area contributed by atoms with E-state index in [1.54, 1.807) is 0 Å². The summed E-state index contributed by atoms with van der Waals surface area (Å²) in [5.41, 5.74) is 2.86. The van der Waals surface area contributed by atoms with Crippen molar-refractivity contribution in [3.63, 3.8) is 0 Å². The molecule has 0 aliphatic carbocycles. The fourth-order valence-electron chi connectivity index (χ4n) is 0.344. The summed E-state index contributed by atoms with van der Waals surface area (Å²) in [6.07, 6.45) is 3.78. The second-order valence-electron chi connectivity index (χ2n) is 1.07. The Hall–Kier alpha value is -0.440. The van der Waals surface area contributed by atoms with Gasteiger partial charge in [0.05, 0.1) is 6.54 Å². The van der Waals surface area contributed by atoms with Gasteiger partial charge in [0.25, 0.3) is 0 Å². The van der Waals surface area contributed by atoms with Crippen LogP contribution in [0.4, 0.5) is 0 Å². The molecule has 0 amide bonds. The predicted octanol–water partition coefficient (Wildman–Crippen LogP) is -0.239. The zero-order valence-corrected chi connectivity index (χ0v) is 4.03. The van der Waals surface area contributed by atoms with Crippen molar-refractivity contribution in [1.29, 1.82) is 0 Å². The second-order valence-corrected chi connectivity index (χ2v) is 1.47. The molecule has 0 atom stereocenters. The van der Waals surface area contributed by atoms with E-state index in [0.29, 0.717) is 0 Å². The molecule has 0 spiro atoms. The number of hydrogen-bond donors (Lipinski definition) is 1. The number of rotatable bonds is 0. The Labute approximate surface area is 41.6 Å². The molecule has 0 bridgehead atoms. The number of hydrogen-bond acceptors (Lipinski definition) is 1. The highest BCUT2D eigenvalue weighted by Crippen LogP contribution is 1.78. The molecule has 0 saturated carbocycles. The topological polar surface area (TPSA) is 15.0 Å². The van der Waals surface area contributed by atoms with Crippen molar-refractivity contribution in [3.05, 3.63) is 12.3 Å². The van der Waals surface area contributed by atoms with Gasteiger partial charge in [-0.15, -0.1) is 0 Å². The summed E-state index contributed by atoms with van der Waals surface area (Å²) in [7, 11) is 0. The lowest BCUT2D eigenvalue weighted by Crippen LogP contribution is -2.14. The Balaban J connectivity index is 2.59.